The first-order valence-electron chi connectivity index (χ1n) is 7.51. The average molecular weight is 477 g/mol. The molecular weight excluding hydrogens is 461 g/mol. The summed E-state index contributed by atoms with van der Waals surface area (Å²) in [5.41, 5.74) is 0. The van der Waals surface area contributed by atoms with Gasteiger partial charge < -0.3 is 4.57 Å². The lowest BCUT2D eigenvalue weighted by atomic mass is 9.93. The first kappa shape index (κ1) is 27.8. The van der Waals surface area contributed by atoms with Crippen LogP contribution in [0, 0.1) is 0 Å². The second-order valence-corrected chi connectivity index (χ2v) is 11.7. The van der Waals surface area contributed by atoms with Gasteiger partial charge in [0, 0.05) is 20.4 Å². The van der Waals surface area contributed by atoms with E-state index < -0.39 is 62.4 Å². The van der Waals surface area contributed by atoms with Crippen molar-refractivity contribution in [2.75, 3.05) is 7.05 Å². The van der Waals surface area contributed by atoms with Gasteiger partial charge in [-0.25, -0.2) is 0 Å². The number of nitrogens with zero attached hydrogens (tertiary/aromatic N) is 1. The highest BCUT2D eigenvalue weighted by atomic mass is 28.3. The molecule has 0 aliphatic heterocycles. The van der Waals surface area contributed by atoms with Crippen LogP contribution in [0.2, 0.25) is 19.1 Å². The molecule has 0 fully saturated rings. The summed E-state index contributed by atoms with van der Waals surface area (Å²) < 4.78 is 170. The molecule has 0 aromatic rings. The van der Waals surface area contributed by atoms with E-state index in [2.05, 4.69) is 0 Å². The smallest absolute Gasteiger partial charge is 0.373 e. The Bertz CT molecular complexity index is 614. The van der Waals surface area contributed by atoms with Crippen molar-refractivity contribution in [3.8, 4) is 0 Å². The number of carbonyl (C=O) groups excluding carboxylic acids is 1. The zero-order valence-electron chi connectivity index (χ0n) is 15.2. The van der Waals surface area contributed by atoms with Crippen LogP contribution in [-0.2, 0) is 4.79 Å². The molecule has 0 aliphatic rings. The molecule has 0 saturated carbocycles. The molecule has 1 amide bonds. The molecule has 0 aromatic heterocycles. The highest BCUT2D eigenvalue weighted by Crippen LogP contribution is 2.60. The Morgan fingerprint density at radius 1 is 0.724 bits per heavy atom. The van der Waals surface area contributed by atoms with Crippen LogP contribution in [-0.4, -0.2) is 61.5 Å². The van der Waals surface area contributed by atoms with Gasteiger partial charge >= 0.3 is 35.8 Å². The molecule has 16 heteroatoms. The van der Waals surface area contributed by atoms with Gasteiger partial charge in [-0.15, -0.1) is 0 Å². The fraction of sp³-hybridized carbons (Fsp3) is 0.923. The third-order valence-corrected chi connectivity index (χ3v) is 8.03. The van der Waals surface area contributed by atoms with Gasteiger partial charge in [-0.1, -0.05) is 13.1 Å². The van der Waals surface area contributed by atoms with Crippen LogP contribution < -0.4 is 0 Å². The first-order valence-corrected chi connectivity index (χ1v) is 10.7. The van der Waals surface area contributed by atoms with Crippen LogP contribution in [0.4, 0.5) is 57.1 Å². The summed E-state index contributed by atoms with van der Waals surface area (Å²) >= 11 is 0. The predicted molar refractivity (Wildman–Crippen MR) is 76.1 cm³/mol. The van der Waals surface area contributed by atoms with Crippen molar-refractivity contribution in [1.82, 2.24) is 4.57 Å². The maximum absolute atomic E-state index is 13.7. The number of amides is 1. The summed E-state index contributed by atoms with van der Waals surface area (Å²) in [5, 5.41) is 0. The molecule has 0 heterocycles. The molecule has 0 aliphatic carbocycles. The van der Waals surface area contributed by atoms with Crippen molar-refractivity contribution in [1.29, 1.82) is 0 Å². The molecule has 0 atom stereocenters. The molecule has 2 nitrogen and oxygen atoms in total. The number of hydrogen-bond acceptors (Lipinski definition) is 1. The minimum absolute atomic E-state index is 0.724. The van der Waals surface area contributed by atoms with E-state index in [0.29, 0.717) is 0 Å². The molecule has 0 saturated heterocycles. The van der Waals surface area contributed by atoms with Crippen LogP contribution in [0.3, 0.4) is 0 Å². The van der Waals surface area contributed by atoms with Crippen molar-refractivity contribution < 1.29 is 61.9 Å². The van der Waals surface area contributed by atoms with Crippen LogP contribution in [0.25, 0.3) is 0 Å². The molecule has 0 aromatic carbocycles. The van der Waals surface area contributed by atoms with E-state index in [9.17, 15) is 61.9 Å². The Kier molecular flexibility index (Phi) is 7.16. The summed E-state index contributed by atoms with van der Waals surface area (Å²) in [5.74, 6) is -37.5. The topological polar surface area (TPSA) is 20.3 Å². The molecule has 0 unspecified atom stereocenters. The average Bonchev–Trinajstić information content (AvgIpc) is 2.50. The maximum atomic E-state index is 13.7. The predicted octanol–water partition coefficient (Wildman–Crippen LogP) is 5.80. The molecular formula is C13H16F13NOSi. The lowest BCUT2D eigenvalue weighted by molar-refractivity contribution is -0.439. The van der Waals surface area contributed by atoms with Crippen molar-refractivity contribution in [3.63, 3.8) is 0 Å². The number of alkyl halides is 13. The molecule has 0 bridgehead atoms. The fourth-order valence-electron chi connectivity index (χ4n) is 2.02. The third kappa shape index (κ3) is 4.45. The minimum atomic E-state index is -7.89. The van der Waals surface area contributed by atoms with Crippen molar-refractivity contribution in [3.05, 3.63) is 0 Å². The van der Waals surface area contributed by atoms with E-state index in [-0.39, 0.29) is 0 Å². The summed E-state index contributed by atoms with van der Waals surface area (Å²) in [6.07, 6.45) is -9.70. The normalized spacial score (nSPS) is 15.5. The summed E-state index contributed by atoms with van der Waals surface area (Å²) in [6, 6.07) is -1.08. The van der Waals surface area contributed by atoms with Crippen molar-refractivity contribution in [2.24, 2.45) is 0 Å². The van der Waals surface area contributed by atoms with Gasteiger partial charge in [0.25, 0.3) is 0 Å². The van der Waals surface area contributed by atoms with E-state index in [4.69, 9.17) is 0 Å². The largest absolute Gasteiger partial charge is 0.460 e. The number of rotatable bonds is 8. The van der Waals surface area contributed by atoms with Crippen molar-refractivity contribution >= 4 is 14.1 Å². The lowest BCUT2D eigenvalue weighted by Crippen LogP contribution is -2.70. The molecule has 0 N–H and O–H groups in total. The lowest BCUT2D eigenvalue weighted by Gasteiger charge is -2.40. The van der Waals surface area contributed by atoms with Crippen LogP contribution in [0.15, 0.2) is 0 Å². The SMILES string of the molecule is CC(=O)N(C)[Si](C)(C)CCC(F)(F)C(F)(F)C(F)(F)C(F)(F)C(F)(F)C(F)(F)F. The number of carbonyl (C=O) groups is 1. The summed E-state index contributed by atoms with van der Waals surface area (Å²) in [6.45, 7) is 3.25. The maximum Gasteiger partial charge on any atom is 0.460 e. The second kappa shape index (κ2) is 7.48. The Labute approximate surface area is 157 Å². The van der Waals surface area contributed by atoms with Gasteiger partial charge in [-0.3, -0.25) is 4.79 Å². The molecule has 174 valence electrons. The van der Waals surface area contributed by atoms with Gasteiger partial charge in [-0.05, 0) is 6.04 Å². The molecule has 0 rings (SSSR count). The van der Waals surface area contributed by atoms with E-state index in [1.807, 2.05) is 0 Å². The van der Waals surface area contributed by atoms with Crippen molar-refractivity contribution in [2.45, 2.75) is 68.3 Å². The summed E-state index contributed by atoms with van der Waals surface area (Å²) in [4.78, 5) is 11.2. The van der Waals surface area contributed by atoms with Gasteiger partial charge in [-0.2, -0.15) is 57.1 Å². The highest BCUT2D eigenvalue weighted by Gasteiger charge is 2.90. The first-order chi connectivity index (χ1) is 12.3. The van der Waals surface area contributed by atoms with E-state index in [1.165, 1.54) is 0 Å². The van der Waals surface area contributed by atoms with Crippen LogP contribution in [0.1, 0.15) is 13.3 Å². The Hall–Kier alpha value is -1.22. The van der Waals surface area contributed by atoms with Gasteiger partial charge in [0.15, 0.2) is 8.24 Å². The molecule has 0 spiro atoms. The van der Waals surface area contributed by atoms with E-state index >= 15 is 0 Å². The molecule has 0 radical (unpaired) electrons. The van der Waals surface area contributed by atoms with Crippen LogP contribution in [0.5, 0.6) is 0 Å². The quantitative estimate of drug-likeness (QED) is 0.320. The summed E-state index contributed by atoms with van der Waals surface area (Å²) in [7, 11) is -2.25. The molecule has 29 heavy (non-hydrogen) atoms. The highest BCUT2D eigenvalue weighted by molar-refractivity contribution is 6.76. The van der Waals surface area contributed by atoms with Gasteiger partial charge in [0.1, 0.15) is 0 Å². The second-order valence-electron chi connectivity index (χ2n) is 6.89. The van der Waals surface area contributed by atoms with Gasteiger partial charge in [0.05, 0.1) is 0 Å². The Balaban J connectivity index is 6.03. The zero-order valence-corrected chi connectivity index (χ0v) is 16.2. The number of halogens is 13. The van der Waals surface area contributed by atoms with E-state index in [0.717, 1.165) is 31.6 Å². The zero-order chi connectivity index (χ0) is 24.1. The third-order valence-electron chi connectivity index (χ3n) is 4.43. The monoisotopic (exact) mass is 477 g/mol. The Morgan fingerprint density at radius 3 is 1.38 bits per heavy atom. The fourth-order valence-corrected chi connectivity index (χ4v) is 4.13. The minimum Gasteiger partial charge on any atom is -0.373 e. The Morgan fingerprint density at radius 2 is 1.07 bits per heavy atom. The van der Waals surface area contributed by atoms with Crippen LogP contribution >= 0.6 is 0 Å². The number of hydrogen-bond donors (Lipinski definition) is 0. The van der Waals surface area contributed by atoms with Gasteiger partial charge in [0.2, 0.25) is 5.91 Å². The van der Waals surface area contributed by atoms with E-state index in [1.54, 1.807) is 0 Å². The standard InChI is InChI=1S/C13H16F13NOSi/c1-7(28)27(2)29(3,4)6-5-8(14,15)9(16,17)10(18,19)11(20,21)12(22,23)13(24,25)26/h5-6H2,1-4H3.